The standard InChI is InChI=1S/C15H22Cl2N2O3/c1-22-14-3-2-13(19(6-4-16)7-5-17)9-11(14)8-12(18)10-15(20)21/h2-3,9,12H,4-8,10,18H2,1H3,(H,20,21). The molecule has 0 aromatic heterocycles. The number of hydrogen-bond acceptors (Lipinski definition) is 4. The van der Waals surface area contributed by atoms with Gasteiger partial charge in [0.2, 0.25) is 0 Å². The molecule has 0 saturated carbocycles. The molecule has 0 bridgehead atoms. The zero-order chi connectivity index (χ0) is 16.5. The van der Waals surface area contributed by atoms with E-state index >= 15 is 0 Å². The second-order valence-electron chi connectivity index (χ2n) is 4.92. The summed E-state index contributed by atoms with van der Waals surface area (Å²) in [5, 5.41) is 8.82. The topological polar surface area (TPSA) is 75.8 Å². The van der Waals surface area contributed by atoms with Crippen molar-refractivity contribution >= 4 is 34.9 Å². The number of benzene rings is 1. The Kier molecular flexibility index (Phi) is 8.38. The van der Waals surface area contributed by atoms with Crippen molar-refractivity contribution in [3.63, 3.8) is 0 Å². The van der Waals surface area contributed by atoms with Gasteiger partial charge in [-0.25, -0.2) is 0 Å². The van der Waals surface area contributed by atoms with Gasteiger partial charge in [0, 0.05) is 36.6 Å². The molecule has 0 heterocycles. The Morgan fingerprint density at radius 1 is 1.36 bits per heavy atom. The van der Waals surface area contributed by atoms with Gasteiger partial charge in [0.1, 0.15) is 5.75 Å². The van der Waals surface area contributed by atoms with Gasteiger partial charge in [-0.1, -0.05) is 0 Å². The highest BCUT2D eigenvalue weighted by Gasteiger charge is 2.14. The Labute approximate surface area is 140 Å². The Morgan fingerprint density at radius 3 is 2.50 bits per heavy atom. The molecule has 124 valence electrons. The van der Waals surface area contributed by atoms with Gasteiger partial charge in [0.15, 0.2) is 0 Å². The van der Waals surface area contributed by atoms with Crippen LogP contribution >= 0.6 is 23.2 Å². The van der Waals surface area contributed by atoms with Crippen molar-refractivity contribution in [3.8, 4) is 5.75 Å². The fourth-order valence-corrected chi connectivity index (χ4v) is 2.68. The van der Waals surface area contributed by atoms with Crippen LogP contribution in [0.25, 0.3) is 0 Å². The first-order chi connectivity index (χ1) is 10.5. The summed E-state index contributed by atoms with van der Waals surface area (Å²) in [6.45, 7) is 1.36. The van der Waals surface area contributed by atoms with Crippen LogP contribution in [-0.4, -0.2) is 49.1 Å². The maximum absolute atomic E-state index is 10.8. The maximum Gasteiger partial charge on any atom is 0.304 e. The molecule has 1 rings (SSSR count). The first-order valence-electron chi connectivity index (χ1n) is 7.03. The molecule has 0 fully saturated rings. The molecule has 0 spiro atoms. The Hall–Kier alpha value is -1.17. The van der Waals surface area contributed by atoms with Crippen LogP contribution < -0.4 is 15.4 Å². The second-order valence-corrected chi connectivity index (χ2v) is 5.68. The molecule has 0 saturated heterocycles. The molecule has 0 radical (unpaired) electrons. The number of carbonyl (C=O) groups is 1. The number of carboxylic acid groups (broad SMARTS) is 1. The number of rotatable bonds is 10. The second kappa shape index (κ2) is 9.77. The Bertz CT molecular complexity index is 480. The summed E-state index contributed by atoms with van der Waals surface area (Å²) in [6.07, 6.45) is 0.347. The lowest BCUT2D eigenvalue weighted by Crippen LogP contribution is -2.28. The maximum atomic E-state index is 10.8. The first-order valence-corrected chi connectivity index (χ1v) is 8.09. The SMILES string of the molecule is COc1ccc(N(CCCl)CCCl)cc1CC(N)CC(=O)O. The van der Waals surface area contributed by atoms with E-state index in [1.165, 1.54) is 0 Å². The quantitative estimate of drug-likeness (QED) is 0.634. The molecule has 3 N–H and O–H groups in total. The van der Waals surface area contributed by atoms with E-state index in [2.05, 4.69) is 4.90 Å². The molecule has 1 unspecified atom stereocenters. The van der Waals surface area contributed by atoms with Crippen molar-refractivity contribution in [1.82, 2.24) is 0 Å². The van der Waals surface area contributed by atoms with Crippen LogP contribution in [0.1, 0.15) is 12.0 Å². The fourth-order valence-electron chi connectivity index (χ4n) is 2.27. The van der Waals surface area contributed by atoms with E-state index in [-0.39, 0.29) is 6.42 Å². The lowest BCUT2D eigenvalue weighted by Gasteiger charge is -2.24. The highest BCUT2D eigenvalue weighted by Crippen LogP contribution is 2.26. The van der Waals surface area contributed by atoms with E-state index in [1.54, 1.807) is 7.11 Å². The lowest BCUT2D eigenvalue weighted by atomic mass is 10.0. The van der Waals surface area contributed by atoms with Crippen LogP contribution in [-0.2, 0) is 11.2 Å². The molecule has 1 atom stereocenters. The summed E-state index contributed by atoms with van der Waals surface area (Å²) in [5.74, 6) is 0.780. The molecule has 0 amide bonds. The van der Waals surface area contributed by atoms with E-state index in [0.717, 1.165) is 11.3 Å². The Balaban J connectivity index is 2.98. The van der Waals surface area contributed by atoms with E-state index in [9.17, 15) is 4.79 Å². The summed E-state index contributed by atoms with van der Waals surface area (Å²) in [7, 11) is 1.58. The fraction of sp³-hybridized carbons (Fsp3) is 0.533. The summed E-state index contributed by atoms with van der Waals surface area (Å²) >= 11 is 11.7. The van der Waals surface area contributed by atoms with Crippen molar-refractivity contribution in [1.29, 1.82) is 0 Å². The summed E-state index contributed by atoms with van der Waals surface area (Å²) in [6, 6.07) is 5.29. The molecule has 1 aromatic carbocycles. The average Bonchev–Trinajstić information content (AvgIpc) is 2.46. The highest BCUT2D eigenvalue weighted by atomic mass is 35.5. The largest absolute Gasteiger partial charge is 0.496 e. The molecule has 1 aromatic rings. The van der Waals surface area contributed by atoms with Gasteiger partial charge >= 0.3 is 5.97 Å². The van der Waals surface area contributed by atoms with E-state index < -0.39 is 12.0 Å². The van der Waals surface area contributed by atoms with E-state index in [4.69, 9.17) is 38.8 Å². The number of alkyl halides is 2. The van der Waals surface area contributed by atoms with Crippen LogP contribution in [0, 0.1) is 0 Å². The van der Waals surface area contributed by atoms with Gasteiger partial charge in [-0.2, -0.15) is 0 Å². The summed E-state index contributed by atoms with van der Waals surface area (Å²) in [4.78, 5) is 12.8. The molecule has 0 aliphatic rings. The minimum Gasteiger partial charge on any atom is -0.496 e. The lowest BCUT2D eigenvalue weighted by molar-refractivity contribution is -0.137. The van der Waals surface area contributed by atoms with Gasteiger partial charge < -0.3 is 20.5 Å². The molecule has 0 aliphatic carbocycles. The van der Waals surface area contributed by atoms with Gasteiger partial charge in [0.25, 0.3) is 0 Å². The predicted molar refractivity (Wildman–Crippen MR) is 90.6 cm³/mol. The predicted octanol–water partition coefficient (Wildman–Crippen LogP) is 2.32. The van der Waals surface area contributed by atoms with E-state index in [1.807, 2.05) is 18.2 Å². The van der Waals surface area contributed by atoms with Crippen molar-refractivity contribution < 1.29 is 14.6 Å². The molecule has 22 heavy (non-hydrogen) atoms. The van der Waals surface area contributed by atoms with Gasteiger partial charge in [-0.3, -0.25) is 4.79 Å². The number of methoxy groups -OCH3 is 1. The number of hydrogen-bond donors (Lipinski definition) is 2. The summed E-state index contributed by atoms with van der Waals surface area (Å²) < 4.78 is 5.33. The number of nitrogens with two attached hydrogens (primary N) is 1. The van der Waals surface area contributed by atoms with Gasteiger partial charge in [-0.05, 0) is 30.2 Å². The van der Waals surface area contributed by atoms with Crippen LogP contribution in [0.5, 0.6) is 5.75 Å². The molecular formula is C15H22Cl2N2O3. The van der Waals surface area contributed by atoms with Crippen LogP contribution in [0.2, 0.25) is 0 Å². The highest BCUT2D eigenvalue weighted by molar-refractivity contribution is 6.18. The zero-order valence-electron chi connectivity index (χ0n) is 12.6. The van der Waals surface area contributed by atoms with Crippen molar-refractivity contribution in [2.24, 2.45) is 5.73 Å². The minimum atomic E-state index is -0.909. The Morgan fingerprint density at radius 2 is 2.00 bits per heavy atom. The van der Waals surface area contributed by atoms with Crippen LogP contribution in [0.3, 0.4) is 0 Å². The number of halogens is 2. The van der Waals surface area contributed by atoms with Gasteiger partial charge in [0.05, 0.1) is 13.5 Å². The number of carboxylic acids is 1. The first kappa shape index (κ1) is 18.9. The van der Waals surface area contributed by atoms with Crippen molar-refractivity contribution in [3.05, 3.63) is 23.8 Å². The van der Waals surface area contributed by atoms with Crippen molar-refractivity contribution in [2.45, 2.75) is 18.9 Å². The minimum absolute atomic E-state index is 0.0829. The number of ether oxygens (including phenoxy) is 1. The normalized spacial score (nSPS) is 12.0. The van der Waals surface area contributed by atoms with Crippen LogP contribution in [0.15, 0.2) is 18.2 Å². The third kappa shape index (κ3) is 5.91. The third-order valence-corrected chi connectivity index (χ3v) is 3.59. The third-order valence-electron chi connectivity index (χ3n) is 3.26. The molecule has 5 nitrogen and oxygen atoms in total. The zero-order valence-corrected chi connectivity index (χ0v) is 14.1. The van der Waals surface area contributed by atoms with E-state index in [0.29, 0.717) is 37.0 Å². The van der Waals surface area contributed by atoms with Gasteiger partial charge in [-0.15, -0.1) is 23.2 Å². The number of aliphatic carboxylic acids is 1. The average molecular weight is 349 g/mol. The smallest absolute Gasteiger partial charge is 0.304 e. The molecule has 0 aliphatic heterocycles. The molecule has 7 heteroatoms. The molecular weight excluding hydrogens is 327 g/mol. The summed E-state index contributed by atoms with van der Waals surface area (Å²) in [5.41, 5.74) is 7.73. The van der Waals surface area contributed by atoms with Crippen molar-refractivity contribution in [2.75, 3.05) is 36.9 Å². The number of nitrogens with zero attached hydrogens (tertiary/aromatic N) is 1. The number of anilines is 1. The monoisotopic (exact) mass is 348 g/mol. The van der Waals surface area contributed by atoms with Crippen LogP contribution in [0.4, 0.5) is 5.69 Å².